The van der Waals surface area contributed by atoms with Crippen molar-refractivity contribution < 1.29 is 29.3 Å². The lowest BCUT2D eigenvalue weighted by Gasteiger charge is -2.15. The SMILES string of the molecule is COc1c(C)cc(B(O)O)cc1-c1ccc2c(N)[n+](OC=O)nc(C)c2c1. The molecule has 3 rings (SSSR count). The molecule has 0 unspecified atom stereocenters. The zero-order valence-electron chi connectivity index (χ0n) is 15.1. The number of carbonyl (C=O) groups excluding carboxylic acids is 1. The molecule has 1 heterocycles. The van der Waals surface area contributed by atoms with Crippen LogP contribution in [0.15, 0.2) is 30.3 Å². The van der Waals surface area contributed by atoms with Crippen molar-refractivity contribution in [1.82, 2.24) is 5.10 Å². The number of nitrogens with zero attached hydrogens (tertiary/aromatic N) is 2. The van der Waals surface area contributed by atoms with E-state index in [1.807, 2.05) is 19.1 Å². The van der Waals surface area contributed by atoms with E-state index in [1.54, 1.807) is 32.2 Å². The number of aryl methyl sites for hydroxylation is 2. The Morgan fingerprint density at radius 1 is 1.19 bits per heavy atom. The van der Waals surface area contributed by atoms with Crippen molar-refractivity contribution in [3.05, 3.63) is 41.6 Å². The second-order valence-electron chi connectivity index (χ2n) is 6.10. The number of methoxy groups -OCH3 is 1. The number of nitrogen functional groups attached to an aromatic ring is 1. The quantitative estimate of drug-likeness (QED) is 0.320. The molecular formula is C18H19BN3O5+. The summed E-state index contributed by atoms with van der Waals surface area (Å²) in [6.07, 6.45) is 0. The summed E-state index contributed by atoms with van der Waals surface area (Å²) in [6, 6.07) is 8.83. The molecule has 0 bridgehead atoms. The standard InChI is InChI=1S/C18H18BN3O5/c1-10-6-13(19(24)25)8-16(17(10)26-3)12-4-5-14-15(7-12)11(2)21-22(18(14)20)27-9-23/h4-9,20,24-25H,1-3H3/p+1. The molecule has 0 spiro atoms. The molecule has 8 nitrogen and oxygen atoms in total. The van der Waals surface area contributed by atoms with Gasteiger partial charge in [-0.1, -0.05) is 18.2 Å². The molecule has 0 saturated carbocycles. The number of hydrogen-bond acceptors (Lipinski definition) is 7. The molecule has 4 N–H and O–H groups in total. The molecule has 0 radical (unpaired) electrons. The Balaban J connectivity index is 2.26. The minimum absolute atomic E-state index is 0.192. The summed E-state index contributed by atoms with van der Waals surface area (Å²) >= 11 is 0. The van der Waals surface area contributed by atoms with Crippen LogP contribution in [0.5, 0.6) is 5.75 Å². The first-order chi connectivity index (χ1) is 12.9. The number of carbonyl (C=O) groups is 1. The van der Waals surface area contributed by atoms with E-state index in [0.29, 0.717) is 27.9 Å². The van der Waals surface area contributed by atoms with Crippen LogP contribution < -0.4 is 25.6 Å². The van der Waals surface area contributed by atoms with Crippen LogP contribution in [0.4, 0.5) is 5.82 Å². The lowest BCUT2D eigenvalue weighted by Crippen LogP contribution is -2.48. The van der Waals surface area contributed by atoms with Crippen LogP contribution in [0.25, 0.3) is 21.9 Å². The molecule has 2 aromatic carbocycles. The number of fused-ring (bicyclic) bond motifs is 1. The molecule has 138 valence electrons. The van der Waals surface area contributed by atoms with Gasteiger partial charge in [0.05, 0.1) is 23.0 Å². The number of aromatic nitrogens is 2. The van der Waals surface area contributed by atoms with Gasteiger partial charge in [-0.2, -0.15) is 0 Å². The molecule has 1 aromatic heterocycles. The zero-order valence-corrected chi connectivity index (χ0v) is 15.1. The number of ether oxygens (including phenoxy) is 1. The van der Waals surface area contributed by atoms with Crippen LogP contribution in [0, 0.1) is 13.8 Å². The molecule has 27 heavy (non-hydrogen) atoms. The van der Waals surface area contributed by atoms with E-state index in [0.717, 1.165) is 21.4 Å². The predicted octanol–water partition coefficient (Wildman–Crippen LogP) is -0.338. The van der Waals surface area contributed by atoms with Gasteiger partial charge < -0.3 is 14.8 Å². The van der Waals surface area contributed by atoms with Crippen molar-refractivity contribution in [2.24, 2.45) is 0 Å². The normalized spacial score (nSPS) is 10.7. The van der Waals surface area contributed by atoms with E-state index in [9.17, 15) is 14.8 Å². The van der Waals surface area contributed by atoms with Crippen molar-refractivity contribution >= 4 is 35.6 Å². The minimum Gasteiger partial charge on any atom is -0.496 e. The Morgan fingerprint density at radius 2 is 1.93 bits per heavy atom. The van der Waals surface area contributed by atoms with Gasteiger partial charge in [-0.15, -0.1) is 0 Å². The summed E-state index contributed by atoms with van der Waals surface area (Å²) in [6.45, 7) is 3.86. The largest absolute Gasteiger partial charge is 0.496 e. The summed E-state index contributed by atoms with van der Waals surface area (Å²) in [5.41, 5.74) is 9.28. The van der Waals surface area contributed by atoms with Gasteiger partial charge in [0, 0.05) is 10.9 Å². The van der Waals surface area contributed by atoms with Crippen LogP contribution in [0.2, 0.25) is 0 Å². The van der Waals surface area contributed by atoms with Gasteiger partial charge in [-0.25, -0.2) is 4.84 Å². The second-order valence-corrected chi connectivity index (χ2v) is 6.10. The van der Waals surface area contributed by atoms with Crippen molar-refractivity contribution in [2.45, 2.75) is 13.8 Å². The van der Waals surface area contributed by atoms with Crippen LogP contribution >= 0.6 is 0 Å². The first-order valence-corrected chi connectivity index (χ1v) is 8.15. The summed E-state index contributed by atoms with van der Waals surface area (Å²) < 4.78 is 5.52. The maximum absolute atomic E-state index is 10.6. The third-order valence-corrected chi connectivity index (χ3v) is 4.39. The molecular weight excluding hydrogens is 349 g/mol. The number of anilines is 1. The molecule has 0 saturated heterocycles. The molecule has 9 heteroatoms. The fourth-order valence-corrected chi connectivity index (χ4v) is 3.14. The maximum Gasteiger partial charge on any atom is 0.488 e. The van der Waals surface area contributed by atoms with E-state index < -0.39 is 7.12 Å². The monoisotopic (exact) mass is 368 g/mol. The molecule has 0 amide bonds. The second kappa shape index (κ2) is 7.22. The Morgan fingerprint density at radius 3 is 2.56 bits per heavy atom. The fraction of sp³-hybridized carbons (Fsp3) is 0.167. The van der Waals surface area contributed by atoms with Gasteiger partial charge in [0.1, 0.15) is 5.75 Å². The molecule has 0 aliphatic carbocycles. The topological polar surface area (TPSA) is 119 Å². The van der Waals surface area contributed by atoms with Gasteiger partial charge in [-0.05, 0) is 47.7 Å². The Bertz CT molecular complexity index is 1040. The van der Waals surface area contributed by atoms with E-state index >= 15 is 0 Å². The van der Waals surface area contributed by atoms with Crippen molar-refractivity contribution in [3.63, 3.8) is 0 Å². The maximum atomic E-state index is 10.6. The molecule has 0 aliphatic rings. The molecule has 0 fully saturated rings. The van der Waals surface area contributed by atoms with E-state index in [2.05, 4.69) is 5.10 Å². The van der Waals surface area contributed by atoms with E-state index in [-0.39, 0.29) is 12.3 Å². The number of nitrogens with two attached hydrogens (primary N) is 1. The Kier molecular flexibility index (Phi) is 4.98. The number of hydrogen-bond donors (Lipinski definition) is 3. The first-order valence-electron chi connectivity index (χ1n) is 8.15. The summed E-state index contributed by atoms with van der Waals surface area (Å²) in [7, 11) is -0.0285. The average molecular weight is 368 g/mol. The van der Waals surface area contributed by atoms with Crippen LogP contribution in [-0.2, 0) is 4.79 Å². The number of rotatable bonds is 5. The third-order valence-electron chi connectivity index (χ3n) is 4.39. The molecule has 0 aliphatic heterocycles. The molecule has 0 atom stereocenters. The first kappa shape index (κ1) is 18.6. The average Bonchev–Trinajstić information content (AvgIpc) is 2.65. The van der Waals surface area contributed by atoms with Crippen LogP contribution in [0.3, 0.4) is 0 Å². The number of benzene rings is 2. The van der Waals surface area contributed by atoms with Gasteiger partial charge in [0.25, 0.3) is 0 Å². The highest BCUT2D eigenvalue weighted by Gasteiger charge is 2.20. The van der Waals surface area contributed by atoms with Gasteiger partial charge in [0.2, 0.25) is 0 Å². The van der Waals surface area contributed by atoms with Crippen LogP contribution in [-0.4, -0.2) is 35.8 Å². The lowest BCUT2D eigenvalue weighted by atomic mass is 9.77. The fourth-order valence-electron chi connectivity index (χ4n) is 3.14. The Labute approximate surface area is 155 Å². The third kappa shape index (κ3) is 3.30. The van der Waals surface area contributed by atoms with Crippen molar-refractivity contribution in [2.75, 3.05) is 12.8 Å². The summed E-state index contributed by atoms with van der Waals surface area (Å²) in [5, 5.41) is 24.7. The minimum atomic E-state index is -1.59. The van der Waals surface area contributed by atoms with E-state index in [1.165, 1.54) is 0 Å². The Hall–Kier alpha value is -3.17. The molecule has 3 aromatic rings. The van der Waals surface area contributed by atoms with Crippen molar-refractivity contribution in [1.29, 1.82) is 0 Å². The highest BCUT2D eigenvalue weighted by Crippen LogP contribution is 2.34. The highest BCUT2D eigenvalue weighted by atomic mass is 16.7. The summed E-state index contributed by atoms with van der Waals surface area (Å²) in [4.78, 5) is 16.3. The van der Waals surface area contributed by atoms with Gasteiger partial charge in [0.15, 0.2) is 0 Å². The zero-order chi connectivity index (χ0) is 19.7. The lowest BCUT2D eigenvalue weighted by molar-refractivity contribution is -0.900. The van der Waals surface area contributed by atoms with Gasteiger partial charge in [-0.3, -0.25) is 10.5 Å². The predicted molar refractivity (Wildman–Crippen MR) is 100 cm³/mol. The summed E-state index contributed by atoms with van der Waals surface area (Å²) in [5.74, 6) is 0.824. The van der Waals surface area contributed by atoms with Crippen molar-refractivity contribution in [3.8, 4) is 16.9 Å². The van der Waals surface area contributed by atoms with E-state index in [4.69, 9.17) is 15.3 Å². The highest BCUT2D eigenvalue weighted by molar-refractivity contribution is 6.58. The van der Waals surface area contributed by atoms with Gasteiger partial charge >= 0.3 is 19.4 Å². The van der Waals surface area contributed by atoms with Crippen LogP contribution in [0.1, 0.15) is 11.3 Å². The smallest absolute Gasteiger partial charge is 0.488 e.